The number of ether oxygens (including phenoxy) is 1. The second-order valence-corrected chi connectivity index (χ2v) is 6.76. The Hall–Kier alpha value is -0.820. The van der Waals surface area contributed by atoms with E-state index in [4.69, 9.17) is 4.74 Å². The Bertz CT molecular complexity index is 505. The van der Waals surface area contributed by atoms with E-state index in [9.17, 15) is 0 Å². The summed E-state index contributed by atoms with van der Waals surface area (Å²) in [4.78, 5) is 4.30. The smallest absolute Gasteiger partial charge is 0.190 e. The van der Waals surface area contributed by atoms with Crippen molar-refractivity contribution in [1.82, 2.24) is 10.6 Å². The number of hydrogen-bond donors (Lipinski definition) is 2. The summed E-state index contributed by atoms with van der Waals surface area (Å²) < 4.78 is 5.64. The van der Waals surface area contributed by atoms with Crippen LogP contribution in [0.2, 0.25) is 0 Å². The Morgan fingerprint density at radius 3 is 2.71 bits per heavy atom. The van der Waals surface area contributed by atoms with Gasteiger partial charge in [0.25, 0.3) is 0 Å². The molecule has 1 aromatic rings. The monoisotopic (exact) mass is 443 g/mol. The molecule has 2 N–H and O–H groups in total. The van der Waals surface area contributed by atoms with E-state index in [1.807, 2.05) is 7.05 Å². The Labute approximate surface area is 162 Å². The van der Waals surface area contributed by atoms with E-state index in [2.05, 4.69) is 46.0 Å². The molecule has 0 heterocycles. The average Bonchev–Trinajstić information content (AvgIpc) is 3.49. The lowest BCUT2D eigenvalue weighted by molar-refractivity contribution is 0.123. The van der Waals surface area contributed by atoms with Crippen LogP contribution in [0.5, 0.6) is 0 Å². The average molecular weight is 443 g/mol. The molecule has 0 aliphatic heterocycles. The van der Waals surface area contributed by atoms with Crippen molar-refractivity contribution in [3.05, 3.63) is 35.9 Å². The summed E-state index contributed by atoms with van der Waals surface area (Å²) in [7, 11) is 1.83. The van der Waals surface area contributed by atoms with E-state index in [1.165, 1.54) is 24.8 Å². The Balaban J connectivity index is 0.00000208. The van der Waals surface area contributed by atoms with Gasteiger partial charge >= 0.3 is 0 Å². The number of guanidine groups is 1. The molecule has 0 amide bonds. The first-order valence-corrected chi connectivity index (χ1v) is 8.94. The molecule has 2 aliphatic rings. The van der Waals surface area contributed by atoms with E-state index in [1.54, 1.807) is 0 Å². The van der Waals surface area contributed by atoms with Gasteiger partial charge in [-0.25, -0.2) is 0 Å². The predicted molar refractivity (Wildman–Crippen MR) is 110 cm³/mol. The Morgan fingerprint density at radius 2 is 2.00 bits per heavy atom. The third-order valence-corrected chi connectivity index (χ3v) is 4.71. The molecule has 2 unspecified atom stereocenters. The fraction of sp³-hybridized carbons (Fsp3) is 0.632. The van der Waals surface area contributed by atoms with Gasteiger partial charge in [0.05, 0.1) is 0 Å². The highest BCUT2D eigenvalue weighted by Crippen LogP contribution is 2.46. The second-order valence-electron chi connectivity index (χ2n) is 6.76. The number of halogens is 1. The van der Waals surface area contributed by atoms with Crippen LogP contribution in [0.25, 0.3) is 0 Å². The van der Waals surface area contributed by atoms with Crippen molar-refractivity contribution in [2.24, 2.45) is 16.8 Å². The lowest BCUT2D eigenvalue weighted by Gasteiger charge is -2.12. The molecule has 0 spiro atoms. The lowest BCUT2D eigenvalue weighted by Crippen LogP contribution is -2.39. The largest absolute Gasteiger partial charge is 0.381 e. The number of benzene rings is 1. The number of aliphatic imine (C=N–C) groups is 1. The third-order valence-electron chi connectivity index (χ3n) is 4.71. The van der Waals surface area contributed by atoms with Gasteiger partial charge in [0.15, 0.2) is 5.96 Å². The van der Waals surface area contributed by atoms with Crippen LogP contribution in [0.1, 0.15) is 37.2 Å². The van der Waals surface area contributed by atoms with Crippen molar-refractivity contribution in [1.29, 1.82) is 0 Å². The van der Waals surface area contributed by atoms with Gasteiger partial charge in [-0.2, -0.15) is 0 Å². The van der Waals surface area contributed by atoms with E-state index < -0.39 is 0 Å². The highest BCUT2D eigenvalue weighted by atomic mass is 127. The number of nitrogens with one attached hydrogen (secondary N) is 2. The van der Waals surface area contributed by atoms with Gasteiger partial charge < -0.3 is 15.4 Å². The van der Waals surface area contributed by atoms with Crippen LogP contribution in [0.15, 0.2) is 35.3 Å². The van der Waals surface area contributed by atoms with Crippen LogP contribution in [-0.2, 0) is 4.74 Å². The molecule has 24 heavy (non-hydrogen) atoms. The fourth-order valence-electron chi connectivity index (χ4n) is 2.95. The van der Waals surface area contributed by atoms with Gasteiger partial charge in [0, 0.05) is 33.4 Å². The van der Waals surface area contributed by atoms with Crippen LogP contribution in [0, 0.1) is 11.8 Å². The maximum atomic E-state index is 5.64. The molecule has 4 nitrogen and oxygen atoms in total. The van der Waals surface area contributed by atoms with Gasteiger partial charge in [-0.05, 0) is 49.0 Å². The minimum absolute atomic E-state index is 0. The second kappa shape index (κ2) is 10.2. The van der Waals surface area contributed by atoms with Crippen molar-refractivity contribution in [2.45, 2.75) is 31.6 Å². The maximum Gasteiger partial charge on any atom is 0.190 e. The molecule has 0 bridgehead atoms. The predicted octanol–water partition coefficient (Wildman–Crippen LogP) is 3.39. The van der Waals surface area contributed by atoms with Crippen molar-refractivity contribution in [2.75, 3.05) is 33.4 Å². The summed E-state index contributed by atoms with van der Waals surface area (Å²) in [6, 6.07) is 10.8. The Kier molecular flexibility index (Phi) is 8.32. The maximum absolute atomic E-state index is 5.64. The van der Waals surface area contributed by atoms with E-state index >= 15 is 0 Å². The molecule has 2 fully saturated rings. The highest BCUT2D eigenvalue weighted by Gasteiger charge is 2.37. The standard InChI is InChI=1S/C19H29N3O.HI/c1-20-19(21-10-5-11-23-14-15-8-9-15)22-13-17-12-18(17)16-6-3-2-4-7-16;/h2-4,6-7,15,17-18H,5,8-14H2,1H3,(H2,20,21,22);1H. The normalized spacial score (nSPS) is 22.6. The molecule has 2 atom stereocenters. The summed E-state index contributed by atoms with van der Waals surface area (Å²) in [5, 5.41) is 6.82. The summed E-state index contributed by atoms with van der Waals surface area (Å²) in [5.41, 5.74) is 1.47. The molecule has 0 aromatic heterocycles. The number of rotatable bonds is 9. The van der Waals surface area contributed by atoms with Gasteiger partial charge in [0.1, 0.15) is 0 Å². The highest BCUT2D eigenvalue weighted by molar-refractivity contribution is 14.0. The van der Waals surface area contributed by atoms with Crippen LogP contribution in [-0.4, -0.2) is 39.3 Å². The zero-order valence-electron chi connectivity index (χ0n) is 14.5. The minimum atomic E-state index is 0. The fourth-order valence-corrected chi connectivity index (χ4v) is 2.95. The molecule has 0 radical (unpaired) electrons. The molecular weight excluding hydrogens is 413 g/mol. The zero-order valence-corrected chi connectivity index (χ0v) is 16.9. The molecule has 134 valence electrons. The molecule has 0 saturated heterocycles. The lowest BCUT2D eigenvalue weighted by atomic mass is 10.1. The van der Waals surface area contributed by atoms with Gasteiger partial charge in [-0.3, -0.25) is 4.99 Å². The molecular formula is C19H30IN3O. The first-order valence-electron chi connectivity index (χ1n) is 8.94. The molecule has 1 aromatic carbocycles. The summed E-state index contributed by atoms with van der Waals surface area (Å²) in [5.74, 6) is 3.22. The summed E-state index contributed by atoms with van der Waals surface area (Å²) >= 11 is 0. The zero-order chi connectivity index (χ0) is 15.9. The number of nitrogens with zero attached hydrogens (tertiary/aromatic N) is 1. The SMILES string of the molecule is CN=C(NCCCOCC1CC1)NCC1CC1c1ccccc1.I. The quantitative estimate of drug-likeness (QED) is 0.266. The summed E-state index contributed by atoms with van der Waals surface area (Å²) in [6.45, 7) is 3.71. The third kappa shape index (κ3) is 6.59. The Morgan fingerprint density at radius 1 is 1.21 bits per heavy atom. The van der Waals surface area contributed by atoms with Gasteiger partial charge in [-0.15, -0.1) is 24.0 Å². The van der Waals surface area contributed by atoms with Crippen LogP contribution in [0.4, 0.5) is 0 Å². The molecule has 2 aliphatic carbocycles. The van der Waals surface area contributed by atoms with E-state index in [0.29, 0.717) is 0 Å². The van der Waals surface area contributed by atoms with Crippen molar-refractivity contribution in [3.63, 3.8) is 0 Å². The van der Waals surface area contributed by atoms with Crippen LogP contribution < -0.4 is 10.6 Å². The van der Waals surface area contributed by atoms with Crippen molar-refractivity contribution < 1.29 is 4.74 Å². The van der Waals surface area contributed by atoms with E-state index in [0.717, 1.165) is 56.4 Å². The minimum Gasteiger partial charge on any atom is -0.381 e. The van der Waals surface area contributed by atoms with Gasteiger partial charge in [0.2, 0.25) is 0 Å². The molecule has 3 rings (SSSR count). The first kappa shape index (κ1) is 19.5. The molecule has 2 saturated carbocycles. The first-order chi connectivity index (χ1) is 11.4. The summed E-state index contributed by atoms with van der Waals surface area (Å²) in [6.07, 6.45) is 5.03. The number of hydrogen-bond acceptors (Lipinski definition) is 2. The topological polar surface area (TPSA) is 45.7 Å². The van der Waals surface area contributed by atoms with Crippen molar-refractivity contribution >= 4 is 29.9 Å². The van der Waals surface area contributed by atoms with Crippen LogP contribution >= 0.6 is 24.0 Å². The van der Waals surface area contributed by atoms with Crippen LogP contribution in [0.3, 0.4) is 0 Å². The van der Waals surface area contributed by atoms with Gasteiger partial charge in [-0.1, -0.05) is 30.3 Å². The van der Waals surface area contributed by atoms with Crippen molar-refractivity contribution in [3.8, 4) is 0 Å². The van der Waals surface area contributed by atoms with E-state index in [-0.39, 0.29) is 24.0 Å². The molecule has 5 heteroatoms.